The minimum atomic E-state index is -10.6. The Kier molecular flexibility index (Phi) is 16.4. The maximum Gasteiger partial charge on any atom is 0.460 e. The van der Waals surface area contributed by atoms with E-state index in [4.69, 9.17) is 0 Å². The van der Waals surface area contributed by atoms with Crippen LogP contribution in [-0.2, 0) is 4.79 Å². The number of alkyl halides is 39. The summed E-state index contributed by atoms with van der Waals surface area (Å²) in [7, 11) is 0. The molecule has 0 saturated heterocycles. The molecule has 1 rings (SSSR count). The first-order valence-corrected chi connectivity index (χ1v) is 17.1. The van der Waals surface area contributed by atoms with Crippen LogP contribution < -0.4 is 5.32 Å². The van der Waals surface area contributed by atoms with Gasteiger partial charge in [-0.1, -0.05) is 11.6 Å². The fraction of sp³-hybridized carbons (Fsp3) is 0.742. The van der Waals surface area contributed by atoms with Gasteiger partial charge < -0.3 is 5.32 Å². The Morgan fingerprint density at radius 2 is 0.649 bits per heavy atom. The number of halogens is 39. The van der Waals surface area contributed by atoms with Gasteiger partial charge in [0, 0.05) is 12.5 Å². The maximum absolute atomic E-state index is 14.5. The SMILES string of the molecule is Cc1ccc(N=C=O)c(C(=O)NC(C)CC(F)(F)C(F)(F)C(F)(F)C(F)(F)C(F)(F)C(F)(F)C(F)(F)C(F)(F)C(F)(F)C(F)(F)C(F)(F)C(F)(F)C(F)(F)C(F)(F)C(F)(F)C(F)(F)C(F)(F)C(F)(F)C(F)(F)F)c1. The van der Waals surface area contributed by atoms with E-state index in [1.54, 1.807) is 0 Å². The average Bonchev–Trinajstić information content (AvgIpc) is 3.19. The number of aliphatic imine (C=N–C) groups is 1. The Hall–Kier alpha value is -4.66. The van der Waals surface area contributed by atoms with Gasteiger partial charge in [-0.25, -0.2) is 4.79 Å². The first-order chi connectivity index (χ1) is 31.7. The largest absolute Gasteiger partial charge is 0.460 e. The van der Waals surface area contributed by atoms with Crippen LogP contribution in [0.5, 0.6) is 0 Å². The molecule has 74 heavy (non-hydrogen) atoms. The van der Waals surface area contributed by atoms with Crippen molar-refractivity contribution in [3.8, 4) is 0 Å². The van der Waals surface area contributed by atoms with Crippen molar-refractivity contribution in [3.63, 3.8) is 0 Å². The van der Waals surface area contributed by atoms with E-state index in [1.165, 1.54) is 0 Å². The minimum Gasteiger partial charge on any atom is -0.349 e. The number of aryl methyl sites for hydroxylation is 1. The van der Waals surface area contributed by atoms with Gasteiger partial charge in [0.15, 0.2) is 0 Å². The van der Waals surface area contributed by atoms with E-state index in [1.807, 2.05) is 0 Å². The number of hydrogen-bond donors (Lipinski definition) is 1. The first kappa shape index (κ1) is 67.4. The van der Waals surface area contributed by atoms with Crippen molar-refractivity contribution in [2.24, 2.45) is 4.99 Å². The molecule has 4 nitrogen and oxygen atoms in total. The van der Waals surface area contributed by atoms with Crippen molar-refractivity contribution in [2.75, 3.05) is 0 Å². The van der Waals surface area contributed by atoms with Gasteiger partial charge in [0.05, 0.1) is 11.3 Å². The molecular formula is C31H13F39N2O2. The van der Waals surface area contributed by atoms with Crippen LogP contribution in [0.25, 0.3) is 0 Å². The Labute approximate surface area is 378 Å². The predicted molar refractivity (Wildman–Crippen MR) is 156 cm³/mol. The standard InChI is InChI=1S/C31H13F39N2O2/c1-8-3-4-11(71-7-73)10(5-8)12(74)72-9(2)6-13(32,33)14(34,35)15(36,37)16(38,39)17(40,41)18(42,43)19(44,45)20(46,47)21(48,49)22(50,51)23(52,53)24(54,55)25(56,57)26(58,59)27(60,61)28(62,63)29(64,65)30(66,67)31(68,69)70/h3-5,9H,6H2,1-2H3,(H,72,74). The van der Waals surface area contributed by atoms with E-state index >= 15 is 0 Å². The quantitative estimate of drug-likeness (QED) is 0.0714. The minimum absolute atomic E-state index is 0.0434. The Morgan fingerprint density at radius 1 is 0.419 bits per heavy atom. The third kappa shape index (κ3) is 8.54. The van der Waals surface area contributed by atoms with E-state index < -0.39 is 142 Å². The van der Waals surface area contributed by atoms with Crippen LogP contribution in [0.2, 0.25) is 0 Å². The Bertz CT molecular complexity index is 2290. The molecule has 0 saturated carbocycles. The number of carbonyl (C=O) groups excluding carboxylic acids is 2. The van der Waals surface area contributed by atoms with Crippen LogP contribution in [0, 0.1) is 6.92 Å². The van der Waals surface area contributed by atoms with E-state index in [9.17, 15) is 181 Å². The summed E-state index contributed by atoms with van der Waals surface area (Å²) in [6.45, 7) is 1.05. The molecule has 1 aromatic rings. The lowest BCUT2D eigenvalue weighted by atomic mass is 9.81. The van der Waals surface area contributed by atoms with Gasteiger partial charge in [0.2, 0.25) is 6.08 Å². The number of isocyanates is 1. The van der Waals surface area contributed by atoms with E-state index in [2.05, 4.69) is 4.99 Å². The van der Waals surface area contributed by atoms with Crippen molar-refractivity contribution in [3.05, 3.63) is 29.3 Å². The predicted octanol–water partition coefficient (Wildman–Crippen LogP) is 14.5. The second kappa shape index (κ2) is 18.0. The highest BCUT2D eigenvalue weighted by Gasteiger charge is 3.03. The zero-order valence-corrected chi connectivity index (χ0v) is 33.5. The molecule has 0 bridgehead atoms. The lowest BCUT2D eigenvalue weighted by molar-refractivity contribution is -0.494. The average molecular weight is 1190 g/mol. The van der Waals surface area contributed by atoms with Crippen molar-refractivity contribution >= 4 is 17.7 Å². The highest BCUT2D eigenvalue weighted by molar-refractivity contribution is 5.99. The first-order valence-electron chi connectivity index (χ1n) is 17.1. The van der Waals surface area contributed by atoms with Crippen molar-refractivity contribution < 1.29 is 181 Å². The Morgan fingerprint density at radius 3 is 0.878 bits per heavy atom. The number of hydrogen-bond acceptors (Lipinski definition) is 3. The summed E-state index contributed by atoms with van der Waals surface area (Å²) in [4.78, 5) is 25.8. The molecule has 0 aromatic heterocycles. The highest BCUT2D eigenvalue weighted by atomic mass is 19.4. The topological polar surface area (TPSA) is 58.5 Å². The summed E-state index contributed by atoms with van der Waals surface area (Å²) in [6, 6.07) is -0.613. The summed E-state index contributed by atoms with van der Waals surface area (Å²) in [5.74, 6) is -180. The summed E-state index contributed by atoms with van der Waals surface area (Å²) in [5, 5.41) is 1.13. The summed E-state index contributed by atoms with van der Waals surface area (Å²) < 4.78 is 543. The smallest absolute Gasteiger partial charge is 0.349 e. The van der Waals surface area contributed by atoms with Crippen LogP contribution in [0.3, 0.4) is 0 Å². The number of nitrogens with one attached hydrogen (secondary N) is 1. The molecule has 1 aromatic carbocycles. The second-order valence-electron chi connectivity index (χ2n) is 14.8. The van der Waals surface area contributed by atoms with Crippen molar-refractivity contribution in [1.82, 2.24) is 5.32 Å². The molecule has 0 aliphatic rings. The van der Waals surface area contributed by atoms with Crippen LogP contribution >= 0.6 is 0 Å². The van der Waals surface area contributed by atoms with Gasteiger partial charge >= 0.3 is 113 Å². The van der Waals surface area contributed by atoms with Crippen molar-refractivity contribution in [1.29, 1.82) is 0 Å². The van der Waals surface area contributed by atoms with E-state index in [0.29, 0.717) is 6.07 Å². The number of benzene rings is 1. The number of nitrogens with zero attached hydrogens (tertiary/aromatic N) is 1. The second-order valence-corrected chi connectivity index (χ2v) is 14.8. The summed E-state index contributed by atoms with van der Waals surface area (Å²) in [5.41, 5.74) is -1.83. The molecule has 0 fully saturated rings. The van der Waals surface area contributed by atoms with Crippen LogP contribution in [-0.4, -0.2) is 131 Å². The molecule has 1 atom stereocenters. The highest BCUT2D eigenvalue weighted by Crippen LogP contribution is 2.71. The molecular weight excluding hydrogens is 1170 g/mol. The number of rotatable bonds is 22. The van der Waals surface area contributed by atoms with E-state index in [-0.39, 0.29) is 12.5 Å². The molecule has 43 heteroatoms. The third-order valence-electron chi connectivity index (χ3n) is 9.63. The molecule has 432 valence electrons. The molecule has 1 unspecified atom stereocenters. The monoisotopic (exact) mass is 1190 g/mol. The zero-order chi connectivity index (χ0) is 60.3. The van der Waals surface area contributed by atoms with E-state index in [0.717, 1.165) is 30.5 Å². The van der Waals surface area contributed by atoms with Crippen LogP contribution in [0.1, 0.15) is 29.3 Å². The molecule has 1 N–H and O–H groups in total. The fourth-order valence-electron chi connectivity index (χ4n) is 5.21. The lowest BCUT2D eigenvalue weighted by Crippen LogP contribution is -2.80. The Balaban J connectivity index is 4.00. The number of carbonyl (C=O) groups is 1. The fourth-order valence-corrected chi connectivity index (χ4v) is 5.21. The van der Waals surface area contributed by atoms with Crippen molar-refractivity contribution in [2.45, 2.75) is 139 Å². The van der Waals surface area contributed by atoms with Gasteiger partial charge in [0.25, 0.3) is 5.91 Å². The number of amides is 1. The van der Waals surface area contributed by atoms with Gasteiger partial charge in [-0.2, -0.15) is 176 Å². The maximum atomic E-state index is 14.5. The van der Waals surface area contributed by atoms with Gasteiger partial charge in [-0.15, -0.1) is 0 Å². The molecule has 0 spiro atoms. The van der Waals surface area contributed by atoms with Gasteiger partial charge in [0.1, 0.15) is 0 Å². The molecule has 0 aliphatic heterocycles. The molecule has 1 amide bonds. The molecule has 0 radical (unpaired) electrons. The van der Waals surface area contributed by atoms with Crippen LogP contribution in [0.4, 0.5) is 177 Å². The molecule has 0 heterocycles. The summed E-state index contributed by atoms with van der Waals surface area (Å²) >= 11 is 0. The van der Waals surface area contributed by atoms with Crippen LogP contribution in [0.15, 0.2) is 23.2 Å². The van der Waals surface area contributed by atoms with Gasteiger partial charge in [-0.3, -0.25) is 4.79 Å². The normalized spacial score (nSPS) is 16.5. The third-order valence-corrected chi connectivity index (χ3v) is 9.63. The summed E-state index contributed by atoms with van der Waals surface area (Å²) in [6.07, 6.45) is -11.2. The van der Waals surface area contributed by atoms with Gasteiger partial charge in [-0.05, 0) is 26.0 Å². The zero-order valence-electron chi connectivity index (χ0n) is 33.5. The lowest BCUT2D eigenvalue weighted by Gasteiger charge is -2.47. The molecule has 0 aliphatic carbocycles.